The molecule has 0 saturated carbocycles. The van der Waals surface area contributed by atoms with Crippen LogP contribution < -0.4 is 9.62 Å². The quantitative estimate of drug-likeness (QED) is 0.504. The Morgan fingerprint density at radius 2 is 1.79 bits per heavy atom. The number of nitrogens with one attached hydrogen (secondary N) is 1. The number of carbonyl (C=O) groups excluding carboxylic acids is 2. The van der Waals surface area contributed by atoms with Gasteiger partial charge in [-0.2, -0.15) is 0 Å². The summed E-state index contributed by atoms with van der Waals surface area (Å²) in [6.45, 7) is 5.49. The summed E-state index contributed by atoms with van der Waals surface area (Å²) in [5.41, 5.74) is 1.84. The summed E-state index contributed by atoms with van der Waals surface area (Å²) in [4.78, 5) is 27.4. The summed E-state index contributed by atoms with van der Waals surface area (Å²) >= 11 is 0. The van der Waals surface area contributed by atoms with Crippen LogP contribution in [0, 0.1) is 12.7 Å². The number of carbonyl (C=O) groups is 2. The van der Waals surface area contributed by atoms with Crippen LogP contribution in [-0.4, -0.2) is 50.5 Å². The molecule has 33 heavy (non-hydrogen) atoms. The van der Waals surface area contributed by atoms with Crippen molar-refractivity contribution in [3.63, 3.8) is 0 Å². The number of aryl methyl sites for hydroxylation is 1. The topological polar surface area (TPSA) is 86.8 Å². The second-order valence-corrected chi connectivity index (χ2v) is 9.98. The van der Waals surface area contributed by atoms with Gasteiger partial charge in [0, 0.05) is 13.1 Å². The van der Waals surface area contributed by atoms with Crippen LogP contribution in [0.2, 0.25) is 0 Å². The van der Waals surface area contributed by atoms with Crippen molar-refractivity contribution in [1.82, 2.24) is 10.2 Å². The number of halogens is 1. The number of hydrogen-bond acceptors (Lipinski definition) is 4. The van der Waals surface area contributed by atoms with E-state index in [1.807, 2.05) is 19.9 Å². The molecule has 180 valence electrons. The van der Waals surface area contributed by atoms with Crippen molar-refractivity contribution in [2.75, 3.05) is 23.7 Å². The highest BCUT2D eigenvalue weighted by molar-refractivity contribution is 7.92. The Kier molecular flexibility index (Phi) is 9.40. The zero-order chi connectivity index (χ0) is 24.6. The van der Waals surface area contributed by atoms with E-state index in [1.165, 1.54) is 29.2 Å². The molecule has 2 aromatic rings. The molecule has 0 aliphatic heterocycles. The van der Waals surface area contributed by atoms with E-state index < -0.39 is 34.3 Å². The van der Waals surface area contributed by atoms with Crippen LogP contribution >= 0.6 is 0 Å². The zero-order valence-electron chi connectivity index (χ0n) is 19.5. The number of benzene rings is 2. The predicted molar refractivity (Wildman–Crippen MR) is 128 cm³/mol. The van der Waals surface area contributed by atoms with Gasteiger partial charge in [0.25, 0.3) is 0 Å². The first kappa shape index (κ1) is 26.3. The lowest BCUT2D eigenvalue weighted by Gasteiger charge is -2.31. The molecule has 0 spiro atoms. The molecular weight excluding hydrogens is 445 g/mol. The molecule has 0 saturated heterocycles. The van der Waals surface area contributed by atoms with Gasteiger partial charge in [0.05, 0.1) is 11.9 Å². The average Bonchev–Trinajstić information content (AvgIpc) is 2.75. The molecule has 2 rings (SSSR count). The van der Waals surface area contributed by atoms with Crippen LogP contribution in [0.4, 0.5) is 10.1 Å². The summed E-state index contributed by atoms with van der Waals surface area (Å²) in [6, 6.07) is 11.6. The van der Waals surface area contributed by atoms with Crippen molar-refractivity contribution in [2.45, 2.75) is 46.2 Å². The molecule has 9 heteroatoms. The van der Waals surface area contributed by atoms with Gasteiger partial charge in [-0.3, -0.25) is 13.9 Å². The number of rotatable bonds is 11. The van der Waals surface area contributed by atoms with Gasteiger partial charge in [-0.25, -0.2) is 12.8 Å². The van der Waals surface area contributed by atoms with E-state index in [1.54, 1.807) is 25.1 Å². The normalized spacial score (nSPS) is 12.2. The Morgan fingerprint density at radius 3 is 2.36 bits per heavy atom. The molecule has 0 aliphatic rings. The predicted octanol–water partition coefficient (Wildman–Crippen LogP) is 3.23. The van der Waals surface area contributed by atoms with Crippen molar-refractivity contribution in [2.24, 2.45) is 0 Å². The van der Waals surface area contributed by atoms with Crippen LogP contribution in [0.25, 0.3) is 0 Å². The zero-order valence-corrected chi connectivity index (χ0v) is 20.4. The maximum absolute atomic E-state index is 13.4. The molecule has 0 radical (unpaired) electrons. The number of hydrogen-bond donors (Lipinski definition) is 1. The molecule has 1 atom stereocenters. The number of nitrogens with zero attached hydrogens (tertiary/aromatic N) is 2. The minimum Gasteiger partial charge on any atom is -0.354 e. The lowest BCUT2D eigenvalue weighted by atomic mass is 10.1. The Morgan fingerprint density at radius 1 is 1.12 bits per heavy atom. The van der Waals surface area contributed by atoms with Crippen LogP contribution in [0.1, 0.15) is 37.8 Å². The number of unbranched alkanes of at least 4 members (excludes halogenated alkanes) is 1. The van der Waals surface area contributed by atoms with E-state index in [2.05, 4.69) is 5.32 Å². The van der Waals surface area contributed by atoms with Gasteiger partial charge < -0.3 is 10.2 Å². The highest BCUT2D eigenvalue weighted by Gasteiger charge is 2.30. The first-order valence-electron chi connectivity index (χ1n) is 10.9. The second-order valence-electron chi connectivity index (χ2n) is 8.08. The van der Waals surface area contributed by atoms with Gasteiger partial charge in [0.1, 0.15) is 18.4 Å². The summed E-state index contributed by atoms with van der Waals surface area (Å²) in [7, 11) is -3.77. The third-order valence-corrected chi connectivity index (χ3v) is 6.37. The van der Waals surface area contributed by atoms with Gasteiger partial charge in [0.15, 0.2) is 0 Å². The molecule has 0 aliphatic carbocycles. The Balaban J connectivity index is 2.33. The first-order chi connectivity index (χ1) is 15.5. The second kappa shape index (κ2) is 11.8. The van der Waals surface area contributed by atoms with Crippen molar-refractivity contribution < 1.29 is 22.4 Å². The van der Waals surface area contributed by atoms with Crippen molar-refractivity contribution in [3.05, 3.63) is 65.5 Å². The van der Waals surface area contributed by atoms with Crippen LogP contribution in [-0.2, 0) is 26.2 Å². The largest absolute Gasteiger partial charge is 0.354 e. The van der Waals surface area contributed by atoms with Crippen molar-refractivity contribution in [3.8, 4) is 0 Å². The number of anilines is 1. The lowest BCUT2D eigenvalue weighted by molar-refractivity contribution is -0.139. The van der Waals surface area contributed by atoms with E-state index in [0.29, 0.717) is 17.8 Å². The molecule has 2 aromatic carbocycles. The molecular formula is C24H32FN3O4S. The minimum absolute atomic E-state index is 0.0346. The van der Waals surface area contributed by atoms with E-state index >= 15 is 0 Å². The highest BCUT2D eigenvalue weighted by atomic mass is 32.2. The SMILES string of the molecule is CCCCNC(=O)[C@H](C)N(Cc1ccc(F)cc1)C(=O)CN(c1cccc(C)c1)S(C)(=O)=O. The maximum atomic E-state index is 13.4. The lowest BCUT2D eigenvalue weighted by Crippen LogP contribution is -2.51. The van der Waals surface area contributed by atoms with Crippen LogP contribution in [0.3, 0.4) is 0 Å². The summed E-state index contributed by atoms with van der Waals surface area (Å²) in [6.07, 6.45) is 2.75. The fraction of sp³-hybridized carbons (Fsp3) is 0.417. The fourth-order valence-electron chi connectivity index (χ4n) is 3.30. The number of sulfonamides is 1. The standard InChI is InChI=1S/C24H32FN3O4S/c1-5-6-14-26-24(30)19(3)27(16-20-10-12-21(25)13-11-20)23(29)17-28(33(4,31)32)22-9-7-8-18(2)15-22/h7-13,15,19H,5-6,14,16-17H2,1-4H3,(H,26,30)/t19-/m0/s1. The maximum Gasteiger partial charge on any atom is 0.244 e. The molecule has 0 fully saturated rings. The van der Waals surface area contributed by atoms with E-state index in [9.17, 15) is 22.4 Å². The molecule has 1 N–H and O–H groups in total. The Labute approximate surface area is 195 Å². The van der Waals surface area contributed by atoms with Gasteiger partial charge in [-0.1, -0.05) is 37.6 Å². The van der Waals surface area contributed by atoms with Crippen LogP contribution in [0.15, 0.2) is 48.5 Å². The smallest absolute Gasteiger partial charge is 0.244 e. The molecule has 0 aromatic heterocycles. The fourth-order valence-corrected chi connectivity index (χ4v) is 4.14. The van der Waals surface area contributed by atoms with Crippen LogP contribution in [0.5, 0.6) is 0 Å². The summed E-state index contributed by atoms with van der Waals surface area (Å²) in [5, 5.41) is 2.81. The highest BCUT2D eigenvalue weighted by Crippen LogP contribution is 2.20. The van der Waals surface area contributed by atoms with E-state index in [4.69, 9.17) is 0 Å². The van der Waals surface area contributed by atoms with E-state index in [-0.39, 0.29) is 12.5 Å². The Hall–Kier alpha value is -2.94. The van der Waals surface area contributed by atoms with Gasteiger partial charge >= 0.3 is 0 Å². The number of amides is 2. The Bertz CT molecular complexity index is 1060. The van der Waals surface area contributed by atoms with E-state index in [0.717, 1.165) is 29.0 Å². The summed E-state index contributed by atoms with van der Waals surface area (Å²) in [5.74, 6) is -1.28. The van der Waals surface area contributed by atoms with Gasteiger partial charge in [0.2, 0.25) is 21.8 Å². The summed E-state index contributed by atoms with van der Waals surface area (Å²) < 4.78 is 39.4. The van der Waals surface area contributed by atoms with Crippen molar-refractivity contribution in [1.29, 1.82) is 0 Å². The van der Waals surface area contributed by atoms with Gasteiger partial charge in [-0.15, -0.1) is 0 Å². The third-order valence-electron chi connectivity index (χ3n) is 5.23. The molecule has 7 nitrogen and oxygen atoms in total. The molecule has 0 unspecified atom stereocenters. The third kappa shape index (κ3) is 7.85. The first-order valence-corrected chi connectivity index (χ1v) is 12.7. The average molecular weight is 478 g/mol. The van der Waals surface area contributed by atoms with Gasteiger partial charge in [-0.05, 0) is 55.7 Å². The molecule has 2 amide bonds. The molecule has 0 bridgehead atoms. The minimum atomic E-state index is -3.77. The monoisotopic (exact) mass is 477 g/mol. The van der Waals surface area contributed by atoms with Crippen molar-refractivity contribution >= 4 is 27.5 Å². The molecule has 0 heterocycles.